The van der Waals surface area contributed by atoms with Crippen molar-refractivity contribution in [2.75, 3.05) is 43.2 Å². The van der Waals surface area contributed by atoms with Gasteiger partial charge in [0.15, 0.2) is 0 Å². The fourth-order valence-corrected chi connectivity index (χ4v) is 4.04. The molecule has 0 saturated carbocycles. The van der Waals surface area contributed by atoms with Gasteiger partial charge in [0.05, 0.1) is 30.8 Å². The van der Waals surface area contributed by atoms with Gasteiger partial charge in [-0.05, 0) is 61.9 Å². The number of benzene rings is 2. The van der Waals surface area contributed by atoms with Crippen molar-refractivity contribution in [3.63, 3.8) is 0 Å². The molecule has 7 heteroatoms. The van der Waals surface area contributed by atoms with Crippen LogP contribution in [0.3, 0.4) is 0 Å². The number of anilines is 2. The van der Waals surface area contributed by atoms with E-state index in [-0.39, 0.29) is 18.1 Å². The number of hydrogen-bond acceptors (Lipinski definition) is 5. The minimum absolute atomic E-state index is 0.0932. The highest BCUT2D eigenvalue weighted by molar-refractivity contribution is 5.94. The van der Waals surface area contributed by atoms with Crippen LogP contribution in [0.25, 0.3) is 11.3 Å². The third-order valence-electron chi connectivity index (χ3n) is 5.72. The molecule has 0 bridgehead atoms. The number of carbonyl (C=O) groups excluding carboxylic acids is 1. The van der Waals surface area contributed by atoms with Crippen molar-refractivity contribution in [1.29, 1.82) is 0 Å². The lowest BCUT2D eigenvalue weighted by atomic mass is 10.1. The lowest BCUT2D eigenvalue weighted by Crippen LogP contribution is -2.34. The Morgan fingerprint density at radius 3 is 2.45 bits per heavy atom. The summed E-state index contributed by atoms with van der Waals surface area (Å²) in [5.74, 6) is 0.834. The summed E-state index contributed by atoms with van der Waals surface area (Å²) < 4.78 is 25.5. The number of methoxy groups -OCH3 is 1. The minimum Gasteiger partial charge on any atom is -0.494 e. The summed E-state index contributed by atoms with van der Waals surface area (Å²) in [6.45, 7) is 5.83. The summed E-state index contributed by atoms with van der Waals surface area (Å²) in [5, 5.41) is 0. The highest BCUT2D eigenvalue weighted by Gasteiger charge is 2.26. The molecule has 0 radical (unpaired) electrons. The second-order valence-electron chi connectivity index (χ2n) is 7.92. The first-order chi connectivity index (χ1) is 16.0. The molecular weight excluding hydrogens is 421 g/mol. The second-order valence-corrected chi connectivity index (χ2v) is 7.92. The van der Waals surface area contributed by atoms with Gasteiger partial charge in [-0.25, -0.2) is 9.37 Å². The van der Waals surface area contributed by atoms with Crippen LogP contribution in [0.2, 0.25) is 0 Å². The van der Waals surface area contributed by atoms with Crippen LogP contribution in [-0.2, 0) is 4.79 Å². The van der Waals surface area contributed by atoms with E-state index >= 15 is 0 Å². The minimum atomic E-state index is -0.377. The second kappa shape index (κ2) is 9.90. The van der Waals surface area contributed by atoms with Crippen LogP contribution in [-0.4, -0.2) is 44.2 Å². The number of aryl methyl sites for hydroxylation is 1. The summed E-state index contributed by atoms with van der Waals surface area (Å²) in [4.78, 5) is 21.2. The summed E-state index contributed by atoms with van der Waals surface area (Å²) in [7, 11) is 1.59. The Hall–Kier alpha value is -3.61. The number of carbonyl (C=O) groups is 1. The normalized spacial score (nSPS) is 14.2. The van der Waals surface area contributed by atoms with E-state index in [9.17, 15) is 9.18 Å². The first-order valence-corrected chi connectivity index (χ1v) is 11.1. The Morgan fingerprint density at radius 1 is 1.00 bits per heavy atom. The number of rotatable bonds is 6. The summed E-state index contributed by atoms with van der Waals surface area (Å²) in [6, 6.07) is 16.5. The maximum absolute atomic E-state index is 14.6. The first-order valence-electron chi connectivity index (χ1n) is 11.1. The van der Waals surface area contributed by atoms with Crippen LogP contribution >= 0.6 is 0 Å². The molecule has 1 amide bonds. The fraction of sp³-hybridized carbons (Fsp3) is 0.308. The molecule has 0 aliphatic carbocycles. The maximum atomic E-state index is 14.6. The van der Waals surface area contributed by atoms with E-state index in [4.69, 9.17) is 14.5 Å². The molecular formula is C26H28FN3O3. The number of amides is 1. The lowest BCUT2D eigenvalue weighted by Gasteiger charge is -2.26. The number of nitrogens with zero attached hydrogens (tertiary/aromatic N) is 3. The van der Waals surface area contributed by atoms with E-state index in [0.717, 1.165) is 28.3 Å². The molecule has 6 nitrogen and oxygen atoms in total. The maximum Gasteiger partial charge on any atom is 0.228 e. The van der Waals surface area contributed by atoms with E-state index in [1.807, 2.05) is 56.3 Å². The number of aromatic nitrogens is 1. The monoisotopic (exact) mass is 449 g/mol. The average Bonchev–Trinajstić information content (AvgIpc) is 3.01. The lowest BCUT2D eigenvalue weighted by molar-refractivity contribution is -0.118. The van der Waals surface area contributed by atoms with Gasteiger partial charge in [0.25, 0.3) is 0 Å². The predicted octanol–water partition coefficient (Wildman–Crippen LogP) is 4.85. The molecule has 0 spiro atoms. The van der Waals surface area contributed by atoms with Crippen molar-refractivity contribution >= 4 is 17.3 Å². The summed E-state index contributed by atoms with van der Waals surface area (Å²) >= 11 is 0. The number of ether oxygens (including phenoxy) is 2. The molecule has 2 heterocycles. The fourth-order valence-electron chi connectivity index (χ4n) is 4.04. The van der Waals surface area contributed by atoms with Gasteiger partial charge in [0.1, 0.15) is 11.6 Å². The van der Waals surface area contributed by atoms with E-state index in [1.165, 1.54) is 6.07 Å². The van der Waals surface area contributed by atoms with Crippen LogP contribution < -0.4 is 19.3 Å². The SMILES string of the molecule is CCOc1ccc(-c2nc(OC)ccc2N2CCC(=O)N(c3ccc(C)cc3F)CC2)cc1. The molecule has 0 atom stereocenters. The van der Waals surface area contributed by atoms with Crippen LogP contribution in [0.5, 0.6) is 11.6 Å². The zero-order valence-electron chi connectivity index (χ0n) is 19.2. The van der Waals surface area contributed by atoms with Crippen molar-refractivity contribution in [3.05, 3.63) is 66.0 Å². The van der Waals surface area contributed by atoms with E-state index < -0.39 is 0 Å². The molecule has 2 aromatic carbocycles. The van der Waals surface area contributed by atoms with Gasteiger partial charge in [0, 0.05) is 37.7 Å². The van der Waals surface area contributed by atoms with Crippen molar-refractivity contribution in [2.45, 2.75) is 20.3 Å². The van der Waals surface area contributed by atoms with E-state index in [2.05, 4.69) is 4.90 Å². The Labute approximate surface area is 193 Å². The third kappa shape index (κ3) is 4.92. The van der Waals surface area contributed by atoms with Gasteiger partial charge in [-0.1, -0.05) is 6.07 Å². The Bertz CT molecular complexity index is 1130. The van der Waals surface area contributed by atoms with E-state index in [0.29, 0.717) is 37.8 Å². The molecule has 33 heavy (non-hydrogen) atoms. The molecule has 1 aliphatic rings. The number of halogens is 1. The average molecular weight is 450 g/mol. The number of hydrogen-bond donors (Lipinski definition) is 0. The molecule has 1 saturated heterocycles. The van der Waals surface area contributed by atoms with Crippen LogP contribution in [0.4, 0.5) is 15.8 Å². The van der Waals surface area contributed by atoms with Crippen LogP contribution in [0.1, 0.15) is 18.9 Å². The Balaban J connectivity index is 1.64. The molecule has 1 aliphatic heterocycles. The third-order valence-corrected chi connectivity index (χ3v) is 5.72. The van der Waals surface area contributed by atoms with Crippen LogP contribution in [0.15, 0.2) is 54.6 Å². The van der Waals surface area contributed by atoms with Gasteiger partial charge in [0.2, 0.25) is 11.8 Å². The molecule has 3 aromatic rings. The van der Waals surface area contributed by atoms with Crippen molar-refractivity contribution in [1.82, 2.24) is 4.98 Å². The molecule has 4 rings (SSSR count). The zero-order chi connectivity index (χ0) is 23.4. The largest absolute Gasteiger partial charge is 0.494 e. The summed E-state index contributed by atoms with van der Waals surface area (Å²) in [6.07, 6.45) is 0.280. The van der Waals surface area contributed by atoms with Crippen LogP contribution in [0, 0.1) is 12.7 Å². The molecule has 172 valence electrons. The first kappa shape index (κ1) is 22.6. The topological polar surface area (TPSA) is 54.9 Å². The highest BCUT2D eigenvalue weighted by Crippen LogP contribution is 2.33. The molecule has 1 fully saturated rings. The van der Waals surface area contributed by atoms with Gasteiger partial charge in [-0.15, -0.1) is 0 Å². The smallest absolute Gasteiger partial charge is 0.228 e. The summed E-state index contributed by atoms with van der Waals surface area (Å²) in [5.41, 5.74) is 3.74. The van der Waals surface area contributed by atoms with Crippen molar-refractivity contribution in [2.24, 2.45) is 0 Å². The standard InChI is InChI=1S/C26H28FN3O3/c1-4-33-20-8-6-19(7-9-20)26-23(11-12-24(28-26)32-3)29-14-13-25(31)30(16-15-29)22-10-5-18(2)17-21(22)27/h5-12,17H,4,13-16H2,1-3H3. The molecule has 0 N–H and O–H groups in total. The van der Waals surface area contributed by atoms with Crippen molar-refractivity contribution in [3.8, 4) is 22.9 Å². The quantitative estimate of drug-likeness (QED) is 0.539. The highest BCUT2D eigenvalue weighted by atomic mass is 19.1. The Kier molecular flexibility index (Phi) is 6.77. The molecule has 1 aromatic heterocycles. The van der Waals surface area contributed by atoms with Gasteiger partial charge >= 0.3 is 0 Å². The number of pyridine rings is 1. The van der Waals surface area contributed by atoms with Gasteiger partial charge < -0.3 is 19.3 Å². The van der Waals surface area contributed by atoms with Crippen molar-refractivity contribution < 1.29 is 18.7 Å². The van der Waals surface area contributed by atoms with E-state index in [1.54, 1.807) is 18.1 Å². The van der Waals surface area contributed by atoms with Gasteiger partial charge in [-0.3, -0.25) is 4.79 Å². The Morgan fingerprint density at radius 2 is 1.76 bits per heavy atom. The zero-order valence-corrected chi connectivity index (χ0v) is 19.2. The van der Waals surface area contributed by atoms with Gasteiger partial charge in [-0.2, -0.15) is 0 Å². The molecule has 0 unspecified atom stereocenters. The predicted molar refractivity (Wildman–Crippen MR) is 128 cm³/mol.